The average molecular weight is 291 g/mol. The number of nitrogens with zero attached hydrogens (tertiary/aromatic N) is 1. The van der Waals surface area contributed by atoms with Gasteiger partial charge in [0.05, 0.1) is 5.71 Å². The van der Waals surface area contributed by atoms with Gasteiger partial charge in [0, 0.05) is 18.5 Å². The van der Waals surface area contributed by atoms with Crippen LogP contribution in [0.4, 0.5) is 5.69 Å². The van der Waals surface area contributed by atoms with Gasteiger partial charge in [-0.2, -0.15) is 4.91 Å². The van der Waals surface area contributed by atoms with Crippen LogP contribution in [0.1, 0.15) is 32.8 Å². The van der Waals surface area contributed by atoms with Crippen LogP contribution in [-0.2, 0) is 0 Å². The molecule has 5 nitrogen and oxygen atoms in total. The van der Waals surface area contributed by atoms with Gasteiger partial charge in [0.15, 0.2) is 0 Å². The zero-order valence-corrected chi connectivity index (χ0v) is 13.4. The van der Waals surface area contributed by atoms with Crippen molar-refractivity contribution in [2.24, 2.45) is 16.3 Å². The molecule has 5 heteroatoms. The molecule has 0 aliphatic carbocycles. The lowest BCUT2D eigenvalue weighted by Gasteiger charge is -2.29. The van der Waals surface area contributed by atoms with Gasteiger partial charge in [-0.25, -0.2) is 0 Å². The molecule has 1 aromatic rings. The maximum atomic E-state index is 10.5. The van der Waals surface area contributed by atoms with E-state index >= 15 is 0 Å². The zero-order valence-electron chi connectivity index (χ0n) is 13.4. The lowest BCUT2D eigenvalue weighted by atomic mass is 9.83. The Kier molecular flexibility index (Phi) is 6.18. The third-order valence-electron chi connectivity index (χ3n) is 3.74. The molecule has 0 saturated carbocycles. The summed E-state index contributed by atoms with van der Waals surface area (Å²) in [5.41, 5.74) is 8.76. The summed E-state index contributed by atoms with van der Waals surface area (Å²) in [6, 6.07) is 7.89. The molecule has 0 aromatic heterocycles. The quantitative estimate of drug-likeness (QED) is 0.407. The Hall–Kier alpha value is -1.59. The number of nitroso groups, excluding NO2 is 1. The number of quaternary nitrogens is 1. The van der Waals surface area contributed by atoms with Crippen LogP contribution in [0.3, 0.4) is 0 Å². The van der Waals surface area contributed by atoms with E-state index < -0.39 is 0 Å². The molecule has 0 saturated heterocycles. The maximum absolute atomic E-state index is 10.5. The summed E-state index contributed by atoms with van der Waals surface area (Å²) < 4.78 is 0. The van der Waals surface area contributed by atoms with E-state index in [1.165, 1.54) is 5.56 Å². The predicted molar refractivity (Wildman–Crippen MR) is 87.0 cm³/mol. The second-order valence-corrected chi connectivity index (χ2v) is 6.71. The van der Waals surface area contributed by atoms with Gasteiger partial charge in [0.25, 0.3) is 0 Å². The second-order valence-electron chi connectivity index (χ2n) is 6.71. The van der Waals surface area contributed by atoms with Crippen molar-refractivity contribution in [1.29, 1.82) is 5.41 Å². The first-order chi connectivity index (χ1) is 9.74. The van der Waals surface area contributed by atoms with Crippen molar-refractivity contribution < 1.29 is 5.32 Å². The van der Waals surface area contributed by atoms with E-state index in [0.29, 0.717) is 12.1 Å². The highest BCUT2D eigenvalue weighted by atomic mass is 16.3. The summed E-state index contributed by atoms with van der Waals surface area (Å²) in [7, 11) is 0. The first-order valence-corrected chi connectivity index (χ1v) is 7.27. The van der Waals surface area contributed by atoms with Crippen LogP contribution in [0.2, 0.25) is 0 Å². The van der Waals surface area contributed by atoms with Crippen molar-refractivity contribution in [3.8, 4) is 0 Å². The minimum Gasteiger partial charge on any atom is -0.327 e. The third-order valence-corrected chi connectivity index (χ3v) is 3.74. The van der Waals surface area contributed by atoms with Gasteiger partial charge in [-0.05, 0) is 24.0 Å². The fraction of sp³-hybridized carbons (Fsp3) is 0.562. The molecule has 1 rings (SSSR count). The van der Waals surface area contributed by atoms with Crippen molar-refractivity contribution >= 4 is 11.4 Å². The van der Waals surface area contributed by atoms with E-state index in [9.17, 15) is 4.91 Å². The molecule has 2 atom stereocenters. The molecule has 5 N–H and O–H groups in total. The van der Waals surface area contributed by atoms with E-state index in [1.807, 2.05) is 30.4 Å². The summed E-state index contributed by atoms with van der Waals surface area (Å²) in [5, 5.41) is 12.9. The smallest absolute Gasteiger partial charge is 0.132 e. The van der Waals surface area contributed by atoms with Gasteiger partial charge in [-0.3, -0.25) is 0 Å². The van der Waals surface area contributed by atoms with Crippen molar-refractivity contribution in [3.05, 3.63) is 34.7 Å². The lowest BCUT2D eigenvalue weighted by molar-refractivity contribution is -0.594. The Morgan fingerprint density at radius 2 is 2.10 bits per heavy atom. The van der Waals surface area contributed by atoms with Crippen molar-refractivity contribution in [2.45, 2.75) is 46.2 Å². The fourth-order valence-corrected chi connectivity index (χ4v) is 2.13. The first kappa shape index (κ1) is 17.5. The monoisotopic (exact) mass is 291 g/mol. The van der Waals surface area contributed by atoms with Crippen LogP contribution < -0.4 is 11.1 Å². The number of hydrogen-bond acceptors (Lipinski definition) is 4. The van der Waals surface area contributed by atoms with Crippen LogP contribution >= 0.6 is 0 Å². The molecule has 21 heavy (non-hydrogen) atoms. The van der Waals surface area contributed by atoms with Crippen molar-refractivity contribution in [3.63, 3.8) is 0 Å². The SMILES string of the molecule is Cc1cccc([NH2+]C(CC(N)C(C)(C)C)C(=N)CN=O)c1. The molecule has 0 heterocycles. The number of benzene rings is 1. The molecule has 0 spiro atoms. The summed E-state index contributed by atoms with van der Waals surface area (Å²) in [6.45, 7) is 8.21. The minimum absolute atomic E-state index is 0.0341. The minimum atomic E-state index is -0.154. The zero-order chi connectivity index (χ0) is 16.0. The third kappa shape index (κ3) is 5.73. The van der Waals surface area contributed by atoms with E-state index in [4.69, 9.17) is 11.1 Å². The van der Waals surface area contributed by atoms with Crippen LogP contribution in [0, 0.1) is 22.7 Å². The molecule has 0 aliphatic heterocycles. The topological polar surface area (TPSA) is 95.9 Å². The fourth-order valence-electron chi connectivity index (χ4n) is 2.13. The van der Waals surface area contributed by atoms with Crippen LogP contribution in [-0.4, -0.2) is 24.3 Å². The van der Waals surface area contributed by atoms with Gasteiger partial charge in [-0.15, -0.1) is 0 Å². The molecular weight excluding hydrogens is 264 g/mol. The average Bonchev–Trinajstić information content (AvgIpc) is 2.37. The molecule has 0 amide bonds. The molecule has 0 fully saturated rings. The standard InChI is InChI=1S/C16H26N4O/c1-11-6-5-7-12(8-11)20-14(13(17)10-19-21)9-15(18)16(2,3)4/h5-8,14-15,17,20H,9-10,18H2,1-4H3/p+1. The summed E-state index contributed by atoms with van der Waals surface area (Å²) >= 11 is 0. The van der Waals surface area contributed by atoms with Crippen LogP contribution in [0.5, 0.6) is 0 Å². The summed E-state index contributed by atoms with van der Waals surface area (Å²) in [5.74, 6) is 0. The van der Waals surface area contributed by atoms with Crippen molar-refractivity contribution in [1.82, 2.24) is 0 Å². The van der Waals surface area contributed by atoms with Gasteiger partial charge < -0.3 is 16.5 Å². The van der Waals surface area contributed by atoms with E-state index in [0.717, 1.165) is 5.69 Å². The van der Waals surface area contributed by atoms with Crippen molar-refractivity contribution in [2.75, 3.05) is 6.54 Å². The Morgan fingerprint density at radius 3 is 2.62 bits per heavy atom. The molecule has 0 aliphatic rings. The largest absolute Gasteiger partial charge is 0.327 e. The number of rotatable bonds is 7. The van der Waals surface area contributed by atoms with Gasteiger partial charge in [0.1, 0.15) is 18.3 Å². The molecule has 2 unspecified atom stereocenters. The van der Waals surface area contributed by atoms with Crippen LogP contribution in [0.25, 0.3) is 0 Å². The Morgan fingerprint density at radius 1 is 1.43 bits per heavy atom. The summed E-state index contributed by atoms with van der Waals surface area (Å²) in [4.78, 5) is 10.5. The van der Waals surface area contributed by atoms with Gasteiger partial charge in [0.2, 0.25) is 0 Å². The number of nitrogens with one attached hydrogen (secondary N) is 1. The highest BCUT2D eigenvalue weighted by Gasteiger charge is 2.28. The van der Waals surface area contributed by atoms with E-state index in [-0.39, 0.29) is 24.0 Å². The maximum Gasteiger partial charge on any atom is 0.132 e. The Bertz CT molecular complexity index is 493. The number of nitrogens with two attached hydrogens (primary N) is 2. The Labute approximate surface area is 126 Å². The molecule has 1 aromatic carbocycles. The van der Waals surface area contributed by atoms with Gasteiger partial charge >= 0.3 is 0 Å². The highest BCUT2D eigenvalue weighted by Crippen LogP contribution is 2.20. The second kappa shape index (κ2) is 7.43. The van der Waals surface area contributed by atoms with Crippen LogP contribution in [0.15, 0.2) is 29.4 Å². The Balaban J connectivity index is 2.87. The number of aryl methyl sites for hydroxylation is 1. The molecule has 116 valence electrons. The highest BCUT2D eigenvalue weighted by molar-refractivity contribution is 5.87. The summed E-state index contributed by atoms with van der Waals surface area (Å²) in [6.07, 6.45) is 0.645. The number of hydrogen-bond donors (Lipinski definition) is 3. The van der Waals surface area contributed by atoms with E-state index in [2.05, 4.69) is 32.0 Å². The molecule has 0 radical (unpaired) electrons. The normalized spacial score (nSPS) is 14.5. The molecule has 0 bridgehead atoms. The van der Waals surface area contributed by atoms with Gasteiger partial charge in [-0.1, -0.05) is 38.1 Å². The predicted octanol–water partition coefficient (Wildman–Crippen LogP) is 2.11. The van der Waals surface area contributed by atoms with E-state index in [1.54, 1.807) is 0 Å². The lowest BCUT2D eigenvalue weighted by Crippen LogP contribution is -2.87. The first-order valence-electron chi connectivity index (χ1n) is 7.27. The molecular formula is C16H27N4O+.